The van der Waals surface area contributed by atoms with E-state index in [0.29, 0.717) is 22.8 Å². The van der Waals surface area contributed by atoms with Crippen LogP contribution < -0.4 is 9.47 Å². The lowest BCUT2D eigenvalue weighted by Gasteiger charge is -2.11. The molecule has 0 radical (unpaired) electrons. The number of carbonyl (C=O) groups is 1. The van der Waals surface area contributed by atoms with E-state index in [0.717, 1.165) is 0 Å². The quantitative estimate of drug-likeness (QED) is 0.806. The number of rotatable bonds is 4. The third kappa shape index (κ3) is 3.05. The molecule has 0 heterocycles. The molecule has 0 fully saturated rings. The number of ketones is 1. The maximum absolute atomic E-state index is 11.4. The van der Waals surface area contributed by atoms with Crippen molar-refractivity contribution in [3.05, 3.63) is 53.1 Å². The predicted octanol–water partition coefficient (Wildman–Crippen LogP) is 3.43. The monoisotopic (exact) mass is 292 g/mol. The predicted molar refractivity (Wildman–Crippen MR) is 78.9 cm³/mol. The van der Waals surface area contributed by atoms with Gasteiger partial charge in [0.05, 0.1) is 18.2 Å². The average Bonchev–Trinajstić information content (AvgIpc) is 2.54. The van der Waals surface area contributed by atoms with Gasteiger partial charge in [-0.2, -0.15) is 10.5 Å². The van der Waals surface area contributed by atoms with Crippen LogP contribution in [-0.4, -0.2) is 12.9 Å². The SMILES string of the molecule is COc1cc(C(C)=O)ccc1Oc1ccc(C#N)c(C#N)c1. The highest BCUT2D eigenvalue weighted by molar-refractivity contribution is 5.94. The van der Waals surface area contributed by atoms with Crippen LogP contribution in [0.25, 0.3) is 0 Å². The minimum absolute atomic E-state index is 0.0741. The van der Waals surface area contributed by atoms with Crippen LogP contribution in [0, 0.1) is 22.7 Å². The normalized spacial score (nSPS) is 9.45. The van der Waals surface area contributed by atoms with Crippen LogP contribution in [0.3, 0.4) is 0 Å². The Balaban J connectivity index is 2.37. The van der Waals surface area contributed by atoms with Crippen molar-refractivity contribution >= 4 is 5.78 Å². The van der Waals surface area contributed by atoms with Gasteiger partial charge >= 0.3 is 0 Å². The van der Waals surface area contributed by atoms with E-state index in [-0.39, 0.29) is 16.9 Å². The van der Waals surface area contributed by atoms with Crippen LogP contribution >= 0.6 is 0 Å². The Morgan fingerprint density at radius 3 is 2.32 bits per heavy atom. The van der Waals surface area contributed by atoms with Gasteiger partial charge in [0.15, 0.2) is 17.3 Å². The molecular weight excluding hydrogens is 280 g/mol. The molecule has 0 spiro atoms. The van der Waals surface area contributed by atoms with Crippen molar-refractivity contribution in [2.45, 2.75) is 6.92 Å². The number of hydrogen-bond donors (Lipinski definition) is 0. The number of ether oxygens (including phenoxy) is 2. The fourth-order valence-corrected chi connectivity index (χ4v) is 1.87. The van der Waals surface area contributed by atoms with Crippen LogP contribution in [0.2, 0.25) is 0 Å². The van der Waals surface area contributed by atoms with E-state index < -0.39 is 0 Å². The molecule has 5 nitrogen and oxygen atoms in total. The second kappa shape index (κ2) is 6.43. The summed E-state index contributed by atoms with van der Waals surface area (Å²) in [5, 5.41) is 17.9. The van der Waals surface area contributed by atoms with E-state index in [1.54, 1.807) is 24.3 Å². The van der Waals surface area contributed by atoms with E-state index in [4.69, 9.17) is 20.0 Å². The Bertz CT molecular complexity index is 814. The summed E-state index contributed by atoms with van der Waals surface area (Å²) in [4.78, 5) is 11.4. The minimum Gasteiger partial charge on any atom is -0.493 e. The molecule has 0 aliphatic rings. The highest BCUT2D eigenvalue weighted by Gasteiger charge is 2.10. The van der Waals surface area contributed by atoms with Crippen molar-refractivity contribution in [1.29, 1.82) is 10.5 Å². The van der Waals surface area contributed by atoms with E-state index in [2.05, 4.69) is 0 Å². The van der Waals surface area contributed by atoms with Gasteiger partial charge < -0.3 is 9.47 Å². The molecule has 5 heteroatoms. The summed E-state index contributed by atoms with van der Waals surface area (Å²) in [5.41, 5.74) is 1.04. The van der Waals surface area contributed by atoms with E-state index >= 15 is 0 Å². The third-order valence-corrected chi connectivity index (χ3v) is 3.03. The summed E-state index contributed by atoms with van der Waals surface area (Å²) in [7, 11) is 1.48. The third-order valence-electron chi connectivity index (χ3n) is 3.03. The summed E-state index contributed by atoms with van der Waals surface area (Å²) in [6, 6.07) is 13.3. The molecule has 0 unspecified atom stereocenters. The molecule has 0 aliphatic carbocycles. The molecule has 2 rings (SSSR count). The van der Waals surface area contributed by atoms with Gasteiger partial charge in [-0.3, -0.25) is 4.79 Å². The van der Waals surface area contributed by atoms with Gasteiger partial charge in [0.1, 0.15) is 17.9 Å². The zero-order valence-corrected chi connectivity index (χ0v) is 12.1. The van der Waals surface area contributed by atoms with Crippen LogP contribution in [0.5, 0.6) is 17.2 Å². The fraction of sp³-hybridized carbons (Fsp3) is 0.118. The average molecular weight is 292 g/mol. The van der Waals surface area contributed by atoms with Crippen LogP contribution in [0.1, 0.15) is 28.4 Å². The minimum atomic E-state index is -0.0741. The van der Waals surface area contributed by atoms with Gasteiger partial charge in [0.2, 0.25) is 0 Å². The summed E-state index contributed by atoms with van der Waals surface area (Å²) >= 11 is 0. The van der Waals surface area contributed by atoms with Crippen molar-refractivity contribution in [3.8, 4) is 29.4 Å². The second-order valence-electron chi connectivity index (χ2n) is 4.45. The highest BCUT2D eigenvalue weighted by atomic mass is 16.5. The lowest BCUT2D eigenvalue weighted by atomic mass is 10.1. The first-order valence-corrected chi connectivity index (χ1v) is 6.40. The molecule has 0 aromatic heterocycles. The molecule has 0 N–H and O–H groups in total. The van der Waals surface area contributed by atoms with Gasteiger partial charge in [-0.05, 0) is 43.3 Å². The number of nitrogens with zero attached hydrogens (tertiary/aromatic N) is 2. The highest BCUT2D eigenvalue weighted by Crippen LogP contribution is 2.33. The van der Waals surface area contributed by atoms with E-state index in [9.17, 15) is 4.79 Å². The number of nitriles is 2. The van der Waals surface area contributed by atoms with E-state index in [1.807, 2.05) is 12.1 Å². The molecule has 0 bridgehead atoms. The molecule has 0 saturated carbocycles. The Hall–Kier alpha value is -3.31. The first kappa shape index (κ1) is 15.1. The molecule has 0 atom stereocenters. The summed E-state index contributed by atoms with van der Waals surface area (Å²) in [6.45, 7) is 1.47. The number of methoxy groups -OCH3 is 1. The lowest BCUT2D eigenvalue weighted by molar-refractivity contribution is 0.101. The Morgan fingerprint density at radius 2 is 1.73 bits per heavy atom. The maximum Gasteiger partial charge on any atom is 0.169 e. The zero-order chi connectivity index (χ0) is 16.1. The number of Topliss-reactive ketones (excluding diaryl/α,β-unsaturated/α-hetero) is 1. The van der Waals surface area contributed by atoms with Gasteiger partial charge in [-0.15, -0.1) is 0 Å². The van der Waals surface area contributed by atoms with Crippen LogP contribution in [0.15, 0.2) is 36.4 Å². The first-order valence-electron chi connectivity index (χ1n) is 6.40. The molecule has 2 aromatic rings. The van der Waals surface area contributed by atoms with Gasteiger partial charge in [0, 0.05) is 5.56 Å². The van der Waals surface area contributed by atoms with Crippen LogP contribution in [0.4, 0.5) is 0 Å². The summed E-state index contributed by atoms with van der Waals surface area (Å²) in [6.07, 6.45) is 0. The van der Waals surface area contributed by atoms with E-state index in [1.165, 1.54) is 26.2 Å². The Labute approximate surface area is 127 Å². The molecule has 0 aliphatic heterocycles. The number of carbonyl (C=O) groups excluding carboxylic acids is 1. The topological polar surface area (TPSA) is 83.1 Å². The lowest BCUT2D eigenvalue weighted by Crippen LogP contribution is -1.96. The van der Waals surface area contributed by atoms with Crippen molar-refractivity contribution in [3.63, 3.8) is 0 Å². The number of benzene rings is 2. The maximum atomic E-state index is 11.4. The molecule has 108 valence electrons. The number of hydrogen-bond acceptors (Lipinski definition) is 5. The smallest absolute Gasteiger partial charge is 0.169 e. The van der Waals surface area contributed by atoms with Crippen molar-refractivity contribution in [1.82, 2.24) is 0 Å². The molecule has 0 saturated heterocycles. The summed E-state index contributed by atoms with van der Waals surface area (Å²) in [5.74, 6) is 1.16. The fourth-order valence-electron chi connectivity index (χ4n) is 1.87. The van der Waals surface area contributed by atoms with Gasteiger partial charge in [-0.1, -0.05) is 0 Å². The van der Waals surface area contributed by atoms with Crippen molar-refractivity contribution < 1.29 is 14.3 Å². The molecule has 22 heavy (non-hydrogen) atoms. The standard InChI is InChI=1S/C17H12N2O3/c1-11(20)12-4-6-16(17(8-12)21-2)22-15-5-3-13(9-18)14(7-15)10-19/h3-8H,1-2H3. The Kier molecular flexibility index (Phi) is 4.41. The molecule has 0 amide bonds. The zero-order valence-electron chi connectivity index (χ0n) is 12.1. The van der Waals surface area contributed by atoms with Gasteiger partial charge in [-0.25, -0.2) is 0 Å². The van der Waals surface area contributed by atoms with Gasteiger partial charge in [0.25, 0.3) is 0 Å². The van der Waals surface area contributed by atoms with Crippen molar-refractivity contribution in [2.24, 2.45) is 0 Å². The first-order chi connectivity index (χ1) is 10.6. The molecule has 2 aromatic carbocycles. The second-order valence-corrected chi connectivity index (χ2v) is 4.45. The van der Waals surface area contributed by atoms with Crippen molar-refractivity contribution in [2.75, 3.05) is 7.11 Å². The largest absolute Gasteiger partial charge is 0.493 e. The molecular formula is C17H12N2O3. The summed E-state index contributed by atoms with van der Waals surface area (Å²) < 4.78 is 10.9. The van der Waals surface area contributed by atoms with Crippen LogP contribution in [-0.2, 0) is 0 Å². The Morgan fingerprint density at radius 1 is 1.00 bits per heavy atom.